The molecule has 1 aliphatic heterocycles. The third kappa shape index (κ3) is 3.19. The summed E-state index contributed by atoms with van der Waals surface area (Å²) in [7, 11) is 0. The Kier molecular flexibility index (Phi) is 5.14. The Balaban J connectivity index is 1.89. The van der Waals surface area contributed by atoms with E-state index in [0.717, 1.165) is 10.0 Å². The van der Waals surface area contributed by atoms with Crippen molar-refractivity contribution in [2.45, 2.75) is 12.5 Å². The summed E-state index contributed by atoms with van der Waals surface area (Å²) in [5.74, 6) is -0.147. The molecule has 1 aliphatic rings. The largest absolute Gasteiger partial charge is 0.507 e. The summed E-state index contributed by atoms with van der Waals surface area (Å²) in [5.41, 5.74) is 2.95. The molecule has 3 aromatic rings. The Bertz CT molecular complexity index is 1040. The number of aromatic hydroxyl groups is 1. The van der Waals surface area contributed by atoms with Crippen molar-refractivity contribution in [3.8, 4) is 17.0 Å². The maximum Gasteiger partial charge on any atom is 0.273 e. The molecule has 0 spiro atoms. The minimum atomic E-state index is -0.380. The maximum atomic E-state index is 13.0. The number of aromatic amines is 1. The lowest BCUT2D eigenvalue weighted by atomic mass is 9.95. The van der Waals surface area contributed by atoms with Gasteiger partial charge in [-0.25, -0.2) is 0 Å². The lowest BCUT2D eigenvalue weighted by molar-refractivity contribution is 0.0732. The van der Waals surface area contributed by atoms with Crippen molar-refractivity contribution in [3.63, 3.8) is 0 Å². The van der Waals surface area contributed by atoms with Crippen molar-refractivity contribution in [2.24, 2.45) is 0 Å². The fraction of sp³-hybridized carbons (Fsp3) is 0.200. The van der Waals surface area contributed by atoms with Crippen molar-refractivity contribution >= 4 is 33.4 Å². The molecule has 6 nitrogen and oxygen atoms in total. The van der Waals surface area contributed by atoms with Gasteiger partial charge in [-0.1, -0.05) is 39.7 Å². The third-order valence-electron chi connectivity index (χ3n) is 4.82. The predicted octanol–water partition coefficient (Wildman–Crippen LogP) is 4.13. The lowest BCUT2D eigenvalue weighted by Gasteiger charge is -2.26. The first kappa shape index (κ1) is 19.0. The van der Waals surface area contributed by atoms with Gasteiger partial charge in [-0.3, -0.25) is 9.89 Å². The highest BCUT2D eigenvalue weighted by molar-refractivity contribution is 9.10. The second kappa shape index (κ2) is 7.58. The molecule has 1 amide bonds. The molecule has 1 aromatic heterocycles. The standard InChI is InChI=1S/C20H17BrClN3O3/c21-12-4-2-11(3-5-12)19-16-17(14-10-13(22)6-7-15(14)27)23-24-18(16)20(28)25(19)8-1-9-26/h2-7,10,19,26-27H,1,8-9H2,(H,23,24). The fourth-order valence-corrected chi connectivity index (χ4v) is 4.00. The van der Waals surface area contributed by atoms with Crippen molar-refractivity contribution in [3.05, 3.63) is 68.8 Å². The summed E-state index contributed by atoms with van der Waals surface area (Å²) in [6, 6.07) is 12.1. The molecule has 0 bridgehead atoms. The van der Waals surface area contributed by atoms with Gasteiger partial charge in [-0.15, -0.1) is 0 Å². The molecule has 0 saturated carbocycles. The van der Waals surface area contributed by atoms with E-state index >= 15 is 0 Å². The van der Waals surface area contributed by atoms with Gasteiger partial charge in [0.2, 0.25) is 0 Å². The van der Waals surface area contributed by atoms with Gasteiger partial charge in [0.15, 0.2) is 0 Å². The number of phenolic OH excluding ortho intramolecular Hbond substituents is 1. The molecule has 0 aliphatic carbocycles. The van der Waals surface area contributed by atoms with E-state index in [9.17, 15) is 15.0 Å². The number of amides is 1. The van der Waals surface area contributed by atoms with E-state index in [1.165, 1.54) is 6.07 Å². The van der Waals surface area contributed by atoms with Crippen LogP contribution in [0.4, 0.5) is 0 Å². The smallest absolute Gasteiger partial charge is 0.273 e. The number of aromatic nitrogens is 2. The Morgan fingerprint density at radius 1 is 1.21 bits per heavy atom. The molecule has 1 atom stereocenters. The highest BCUT2D eigenvalue weighted by atomic mass is 79.9. The lowest BCUT2D eigenvalue weighted by Crippen LogP contribution is -2.31. The average Bonchev–Trinajstić information content (AvgIpc) is 3.22. The molecule has 0 fully saturated rings. The number of nitrogens with one attached hydrogen (secondary N) is 1. The molecule has 8 heteroatoms. The topological polar surface area (TPSA) is 89.5 Å². The van der Waals surface area contributed by atoms with Crippen LogP contribution in [0.15, 0.2) is 46.9 Å². The zero-order valence-corrected chi connectivity index (χ0v) is 17.0. The third-order valence-corrected chi connectivity index (χ3v) is 5.58. The molecule has 2 aromatic carbocycles. The van der Waals surface area contributed by atoms with Crippen LogP contribution in [-0.4, -0.2) is 44.4 Å². The van der Waals surface area contributed by atoms with Crippen LogP contribution in [0.2, 0.25) is 5.02 Å². The number of aliphatic hydroxyl groups excluding tert-OH is 1. The molecule has 1 unspecified atom stereocenters. The zero-order valence-electron chi connectivity index (χ0n) is 14.7. The van der Waals surface area contributed by atoms with Gasteiger partial charge in [0.05, 0.1) is 6.04 Å². The number of carbonyl (C=O) groups excluding carboxylic acids is 1. The van der Waals surface area contributed by atoms with Gasteiger partial charge in [0, 0.05) is 33.8 Å². The van der Waals surface area contributed by atoms with Crippen LogP contribution in [0, 0.1) is 0 Å². The molecule has 2 heterocycles. The summed E-state index contributed by atoms with van der Waals surface area (Å²) in [6.07, 6.45) is 0.466. The van der Waals surface area contributed by atoms with E-state index in [2.05, 4.69) is 26.1 Å². The highest BCUT2D eigenvalue weighted by Gasteiger charge is 2.42. The second-order valence-corrected chi connectivity index (χ2v) is 7.90. The van der Waals surface area contributed by atoms with Crippen LogP contribution in [0.5, 0.6) is 5.75 Å². The van der Waals surface area contributed by atoms with Gasteiger partial charge < -0.3 is 15.1 Å². The molecular formula is C20H17BrClN3O3. The number of halogens is 2. The summed E-state index contributed by atoms with van der Waals surface area (Å²) in [6.45, 7) is 0.393. The Labute approximate surface area is 174 Å². The Morgan fingerprint density at radius 2 is 1.96 bits per heavy atom. The highest BCUT2D eigenvalue weighted by Crippen LogP contribution is 2.45. The van der Waals surface area contributed by atoms with E-state index < -0.39 is 0 Å². The van der Waals surface area contributed by atoms with Crippen LogP contribution >= 0.6 is 27.5 Å². The fourth-order valence-electron chi connectivity index (χ4n) is 3.56. The van der Waals surface area contributed by atoms with Gasteiger partial charge in [0.1, 0.15) is 17.1 Å². The predicted molar refractivity (Wildman–Crippen MR) is 109 cm³/mol. The molecular weight excluding hydrogens is 446 g/mol. The van der Waals surface area contributed by atoms with Gasteiger partial charge in [0.25, 0.3) is 5.91 Å². The Morgan fingerprint density at radius 3 is 2.68 bits per heavy atom. The molecule has 4 rings (SSSR count). The molecule has 3 N–H and O–H groups in total. The maximum absolute atomic E-state index is 13.0. The first-order valence-electron chi connectivity index (χ1n) is 8.75. The monoisotopic (exact) mass is 461 g/mol. The van der Waals surface area contributed by atoms with Crippen LogP contribution in [0.1, 0.15) is 34.1 Å². The van der Waals surface area contributed by atoms with Crippen LogP contribution in [0.25, 0.3) is 11.3 Å². The molecule has 144 valence electrons. The van der Waals surface area contributed by atoms with Crippen LogP contribution in [0.3, 0.4) is 0 Å². The normalized spacial score (nSPS) is 15.9. The molecule has 0 radical (unpaired) electrons. The first-order chi connectivity index (χ1) is 13.5. The number of H-pyrrole nitrogens is 1. The van der Waals surface area contributed by atoms with Crippen LogP contribution < -0.4 is 0 Å². The number of phenols is 1. The van der Waals surface area contributed by atoms with Gasteiger partial charge >= 0.3 is 0 Å². The molecule has 0 saturated heterocycles. The molecule has 28 heavy (non-hydrogen) atoms. The second-order valence-electron chi connectivity index (χ2n) is 6.55. The van der Waals surface area contributed by atoms with Crippen molar-refractivity contribution < 1.29 is 15.0 Å². The SMILES string of the molecule is O=C1c2[nH]nc(-c3cc(Cl)ccc3O)c2C(c2ccc(Br)cc2)N1CCCO. The van der Waals surface area contributed by atoms with E-state index in [-0.39, 0.29) is 24.3 Å². The zero-order chi connectivity index (χ0) is 19.8. The first-order valence-corrected chi connectivity index (χ1v) is 9.92. The van der Waals surface area contributed by atoms with Crippen molar-refractivity contribution in [1.29, 1.82) is 0 Å². The van der Waals surface area contributed by atoms with E-state index in [1.807, 2.05) is 24.3 Å². The van der Waals surface area contributed by atoms with Gasteiger partial charge in [-0.05, 0) is 42.3 Å². The van der Waals surface area contributed by atoms with Gasteiger partial charge in [-0.2, -0.15) is 5.10 Å². The number of carbonyl (C=O) groups is 1. The van der Waals surface area contributed by atoms with E-state index in [0.29, 0.717) is 40.5 Å². The minimum Gasteiger partial charge on any atom is -0.507 e. The number of aliphatic hydroxyl groups is 1. The number of rotatable bonds is 5. The summed E-state index contributed by atoms with van der Waals surface area (Å²) >= 11 is 9.56. The number of hydrogen-bond acceptors (Lipinski definition) is 4. The van der Waals surface area contributed by atoms with Crippen molar-refractivity contribution in [2.75, 3.05) is 13.2 Å². The summed E-state index contributed by atoms with van der Waals surface area (Å²) < 4.78 is 0.933. The number of hydrogen-bond donors (Lipinski definition) is 3. The number of nitrogens with zero attached hydrogens (tertiary/aromatic N) is 2. The summed E-state index contributed by atoms with van der Waals surface area (Å²) in [4.78, 5) is 14.7. The average molecular weight is 463 g/mol. The van der Waals surface area contributed by atoms with E-state index in [1.54, 1.807) is 17.0 Å². The minimum absolute atomic E-state index is 0.00897. The quantitative estimate of drug-likeness (QED) is 0.532. The Hall–Kier alpha value is -2.35. The summed E-state index contributed by atoms with van der Waals surface area (Å²) in [5, 5.41) is 27.2. The van der Waals surface area contributed by atoms with Crippen LogP contribution in [-0.2, 0) is 0 Å². The number of fused-ring (bicyclic) bond motifs is 1. The van der Waals surface area contributed by atoms with Crippen molar-refractivity contribution in [1.82, 2.24) is 15.1 Å². The number of benzene rings is 2. The van der Waals surface area contributed by atoms with E-state index in [4.69, 9.17) is 11.6 Å².